The Bertz CT molecular complexity index is 1100. The molecule has 0 aliphatic carbocycles. The van der Waals surface area contributed by atoms with E-state index >= 15 is 0 Å². The first-order chi connectivity index (χ1) is 14.3. The van der Waals surface area contributed by atoms with Gasteiger partial charge >= 0.3 is 0 Å². The van der Waals surface area contributed by atoms with Crippen LogP contribution in [-0.2, 0) is 19.5 Å². The van der Waals surface area contributed by atoms with Gasteiger partial charge in [-0.15, -0.1) is 10.2 Å². The van der Waals surface area contributed by atoms with Gasteiger partial charge < -0.3 is 4.57 Å². The van der Waals surface area contributed by atoms with Gasteiger partial charge in [-0.25, -0.2) is 9.07 Å². The maximum absolute atomic E-state index is 13.1. The highest BCUT2D eigenvalue weighted by Gasteiger charge is 2.20. The molecule has 0 saturated heterocycles. The molecular weight excluding hydrogens is 367 g/mol. The average Bonchev–Trinajstić information content (AvgIpc) is 3.33. The second-order valence-electron chi connectivity index (χ2n) is 7.25. The van der Waals surface area contributed by atoms with Crippen molar-refractivity contribution < 1.29 is 4.39 Å². The van der Waals surface area contributed by atoms with E-state index in [1.165, 1.54) is 12.1 Å². The Morgan fingerprint density at radius 2 is 1.72 bits per heavy atom. The molecule has 7 heteroatoms. The summed E-state index contributed by atoms with van der Waals surface area (Å²) >= 11 is 0. The Morgan fingerprint density at radius 3 is 2.55 bits per heavy atom. The van der Waals surface area contributed by atoms with Crippen molar-refractivity contribution in [3.8, 4) is 17.1 Å². The largest absolute Gasteiger partial charge is 0.310 e. The minimum Gasteiger partial charge on any atom is -0.310 e. The third-order valence-electron chi connectivity index (χ3n) is 5.28. The molecule has 0 unspecified atom stereocenters. The molecule has 5 rings (SSSR count). The molecule has 0 bridgehead atoms. The van der Waals surface area contributed by atoms with E-state index in [4.69, 9.17) is 0 Å². The van der Waals surface area contributed by atoms with Gasteiger partial charge in [0.05, 0.1) is 11.9 Å². The van der Waals surface area contributed by atoms with Crippen LogP contribution in [0.15, 0.2) is 67.0 Å². The van der Waals surface area contributed by atoms with Crippen molar-refractivity contribution in [2.75, 3.05) is 13.1 Å². The zero-order valence-electron chi connectivity index (χ0n) is 15.9. The van der Waals surface area contributed by atoms with Crippen LogP contribution in [-0.4, -0.2) is 42.5 Å². The van der Waals surface area contributed by atoms with Crippen molar-refractivity contribution in [3.05, 3.63) is 84.2 Å². The third-order valence-corrected chi connectivity index (χ3v) is 5.28. The van der Waals surface area contributed by atoms with Gasteiger partial charge in [0, 0.05) is 49.9 Å². The van der Waals surface area contributed by atoms with Crippen LogP contribution in [0.4, 0.5) is 4.39 Å². The van der Waals surface area contributed by atoms with E-state index in [0.717, 1.165) is 61.1 Å². The fraction of sp³-hybridized carbons (Fsp3) is 0.227. The van der Waals surface area contributed by atoms with E-state index in [1.54, 1.807) is 16.8 Å². The van der Waals surface area contributed by atoms with Gasteiger partial charge in [0.1, 0.15) is 11.6 Å². The molecule has 0 spiro atoms. The second-order valence-corrected chi connectivity index (χ2v) is 7.25. The van der Waals surface area contributed by atoms with Crippen LogP contribution in [0.1, 0.15) is 11.4 Å². The predicted octanol–water partition coefficient (Wildman–Crippen LogP) is 3.33. The SMILES string of the molecule is Fc1ccc(-n2cc(CN3CCc4nnc(-c5ccccc5)n4CC3)cn2)cc1. The summed E-state index contributed by atoms with van der Waals surface area (Å²) in [5.41, 5.74) is 3.09. The minimum atomic E-state index is -0.243. The minimum absolute atomic E-state index is 0.243. The molecule has 0 saturated carbocycles. The molecule has 1 aliphatic heterocycles. The maximum atomic E-state index is 13.1. The van der Waals surface area contributed by atoms with E-state index in [2.05, 4.69) is 36.9 Å². The van der Waals surface area contributed by atoms with Gasteiger partial charge in [-0.2, -0.15) is 5.10 Å². The lowest BCUT2D eigenvalue weighted by atomic mass is 10.2. The fourth-order valence-electron chi connectivity index (χ4n) is 3.76. The highest BCUT2D eigenvalue weighted by molar-refractivity contribution is 5.55. The highest BCUT2D eigenvalue weighted by Crippen LogP contribution is 2.21. The highest BCUT2D eigenvalue weighted by atomic mass is 19.1. The molecule has 29 heavy (non-hydrogen) atoms. The van der Waals surface area contributed by atoms with E-state index in [0.29, 0.717) is 0 Å². The van der Waals surface area contributed by atoms with Crippen LogP contribution in [0.3, 0.4) is 0 Å². The summed E-state index contributed by atoms with van der Waals surface area (Å²) in [4.78, 5) is 2.41. The summed E-state index contributed by atoms with van der Waals surface area (Å²) in [5, 5.41) is 13.3. The lowest BCUT2D eigenvalue weighted by molar-refractivity contribution is 0.271. The number of aromatic nitrogens is 5. The first-order valence-electron chi connectivity index (χ1n) is 9.75. The van der Waals surface area contributed by atoms with Gasteiger partial charge in [0.2, 0.25) is 0 Å². The number of hydrogen-bond donors (Lipinski definition) is 0. The molecule has 4 aromatic rings. The van der Waals surface area contributed by atoms with Gasteiger partial charge in [0.15, 0.2) is 5.82 Å². The molecule has 6 nitrogen and oxygen atoms in total. The molecule has 3 heterocycles. The van der Waals surface area contributed by atoms with Crippen LogP contribution in [0.2, 0.25) is 0 Å². The summed E-state index contributed by atoms with van der Waals surface area (Å²) < 4.78 is 17.2. The molecule has 1 aliphatic rings. The lowest BCUT2D eigenvalue weighted by Crippen LogP contribution is -2.26. The number of fused-ring (bicyclic) bond motifs is 1. The van der Waals surface area contributed by atoms with Crippen molar-refractivity contribution in [1.82, 2.24) is 29.4 Å². The standard InChI is InChI=1S/C22H21FN6/c23-19-6-8-20(9-7-19)29-16-17(14-24-29)15-27-11-10-21-25-26-22(28(21)13-12-27)18-4-2-1-3-5-18/h1-9,14,16H,10-13,15H2. The lowest BCUT2D eigenvalue weighted by Gasteiger charge is -2.18. The summed E-state index contributed by atoms with van der Waals surface area (Å²) in [6.07, 6.45) is 4.75. The Balaban J connectivity index is 1.28. The van der Waals surface area contributed by atoms with Crippen molar-refractivity contribution in [2.24, 2.45) is 0 Å². The average molecular weight is 388 g/mol. The number of halogens is 1. The molecule has 0 atom stereocenters. The Hall–Kier alpha value is -3.32. The van der Waals surface area contributed by atoms with Crippen LogP contribution in [0.5, 0.6) is 0 Å². The Kier molecular flexibility index (Phi) is 4.65. The Labute approximate surface area is 168 Å². The molecule has 0 radical (unpaired) electrons. The van der Waals surface area contributed by atoms with Crippen LogP contribution >= 0.6 is 0 Å². The van der Waals surface area contributed by atoms with Gasteiger partial charge in [-0.1, -0.05) is 30.3 Å². The second kappa shape index (κ2) is 7.60. The van der Waals surface area contributed by atoms with Gasteiger partial charge in [0.25, 0.3) is 0 Å². The molecule has 0 fully saturated rings. The topological polar surface area (TPSA) is 51.8 Å². The zero-order chi connectivity index (χ0) is 19.6. The molecular formula is C22H21FN6. The van der Waals surface area contributed by atoms with E-state index in [9.17, 15) is 4.39 Å². The van der Waals surface area contributed by atoms with E-state index in [1.807, 2.05) is 30.6 Å². The van der Waals surface area contributed by atoms with Crippen LogP contribution in [0.25, 0.3) is 17.1 Å². The van der Waals surface area contributed by atoms with E-state index < -0.39 is 0 Å². The fourth-order valence-corrected chi connectivity index (χ4v) is 3.76. The molecule has 0 amide bonds. The number of benzene rings is 2. The zero-order valence-corrected chi connectivity index (χ0v) is 15.9. The summed E-state index contributed by atoms with van der Waals surface area (Å²) in [7, 11) is 0. The molecule has 2 aromatic carbocycles. The maximum Gasteiger partial charge on any atom is 0.164 e. The quantitative estimate of drug-likeness (QED) is 0.538. The smallest absolute Gasteiger partial charge is 0.164 e. The van der Waals surface area contributed by atoms with Crippen molar-refractivity contribution in [3.63, 3.8) is 0 Å². The monoisotopic (exact) mass is 388 g/mol. The van der Waals surface area contributed by atoms with Crippen molar-refractivity contribution in [1.29, 1.82) is 0 Å². The summed E-state index contributed by atoms with van der Waals surface area (Å²) in [6.45, 7) is 3.53. The molecule has 2 aromatic heterocycles. The van der Waals surface area contributed by atoms with Crippen molar-refractivity contribution in [2.45, 2.75) is 19.5 Å². The number of rotatable bonds is 4. The first-order valence-corrected chi connectivity index (χ1v) is 9.75. The van der Waals surface area contributed by atoms with Crippen molar-refractivity contribution >= 4 is 0 Å². The third kappa shape index (κ3) is 3.69. The Morgan fingerprint density at radius 1 is 0.897 bits per heavy atom. The number of nitrogens with zero attached hydrogens (tertiary/aromatic N) is 6. The van der Waals surface area contributed by atoms with Gasteiger partial charge in [-0.3, -0.25) is 4.90 Å². The molecule has 146 valence electrons. The normalized spacial score (nSPS) is 14.5. The van der Waals surface area contributed by atoms with Gasteiger partial charge in [-0.05, 0) is 24.3 Å². The predicted molar refractivity (Wildman–Crippen MR) is 108 cm³/mol. The number of hydrogen-bond acceptors (Lipinski definition) is 4. The summed E-state index contributed by atoms with van der Waals surface area (Å²) in [5.74, 6) is 1.73. The van der Waals surface area contributed by atoms with E-state index in [-0.39, 0.29) is 5.82 Å². The molecule has 0 N–H and O–H groups in total. The summed E-state index contributed by atoms with van der Waals surface area (Å²) in [6, 6.07) is 16.6. The van der Waals surface area contributed by atoms with Crippen LogP contribution in [0, 0.1) is 5.82 Å². The van der Waals surface area contributed by atoms with Crippen LogP contribution < -0.4 is 0 Å². The first kappa shape index (κ1) is 17.8.